The topological polar surface area (TPSA) is 95.7 Å². The molecule has 9 nitrogen and oxygen atoms in total. The van der Waals surface area contributed by atoms with Gasteiger partial charge in [-0.3, -0.25) is 18.3 Å². The molecule has 0 saturated heterocycles. The first-order chi connectivity index (χ1) is 13.0. The highest BCUT2D eigenvalue weighted by Gasteiger charge is 2.20. The molecular formula is C18H19N5O4. The Hall–Kier alpha value is -3.33. The van der Waals surface area contributed by atoms with E-state index in [4.69, 9.17) is 4.74 Å². The molecule has 4 rings (SSSR count). The van der Waals surface area contributed by atoms with E-state index in [0.29, 0.717) is 23.5 Å². The minimum atomic E-state index is -0.436. The van der Waals surface area contributed by atoms with E-state index in [-0.39, 0.29) is 13.2 Å². The van der Waals surface area contributed by atoms with Gasteiger partial charge in [0.05, 0.1) is 12.3 Å². The van der Waals surface area contributed by atoms with Crippen LogP contribution < -0.4 is 16.0 Å². The molecular weight excluding hydrogens is 350 g/mol. The Balaban J connectivity index is 1.89. The maximum Gasteiger partial charge on any atom is 0.332 e. The summed E-state index contributed by atoms with van der Waals surface area (Å²) >= 11 is 0. The largest absolute Gasteiger partial charge is 0.487 e. The van der Waals surface area contributed by atoms with E-state index in [2.05, 4.69) is 4.98 Å². The molecule has 0 unspecified atom stereocenters. The highest BCUT2D eigenvalue weighted by Crippen LogP contribution is 2.18. The first-order valence-corrected chi connectivity index (χ1v) is 8.48. The molecule has 0 aliphatic carbocycles. The van der Waals surface area contributed by atoms with Crippen molar-refractivity contribution < 1.29 is 9.84 Å². The molecule has 3 aromatic heterocycles. The van der Waals surface area contributed by atoms with Crippen molar-refractivity contribution in [3.05, 3.63) is 63.1 Å². The molecule has 0 aliphatic rings. The van der Waals surface area contributed by atoms with E-state index in [9.17, 15) is 14.7 Å². The van der Waals surface area contributed by atoms with Gasteiger partial charge in [-0.25, -0.2) is 4.79 Å². The summed E-state index contributed by atoms with van der Waals surface area (Å²) in [5.41, 5.74) is 0.521. The van der Waals surface area contributed by atoms with Crippen molar-refractivity contribution in [2.24, 2.45) is 14.1 Å². The summed E-state index contributed by atoms with van der Waals surface area (Å²) in [6.07, 6.45) is 1.76. The fourth-order valence-corrected chi connectivity index (χ4v) is 3.20. The number of aliphatic hydroxyl groups excluding tert-OH is 1. The van der Waals surface area contributed by atoms with E-state index in [0.717, 1.165) is 16.0 Å². The molecule has 0 bridgehead atoms. The van der Waals surface area contributed by atoms with E-state index < -0.39 is 11.2 Å². The number of aliphatic hydroxyl groups is 1. The number of fused-ring (bicyclic) bond motifs is 3. The van der Waals surface area contributed by atoms with Crippen LogP contribution in [0.3, 0.4) is 0 Å². The lowest BCUT2D eigenvalue weighted by Crippen LogP contribution is -2.37. The number of ether oxygens (including phenoxy) is 1. The molecule has 4 aromatic rings. The Morgan fingerprint density at radius 2 is 1.85 bits per heavy atom. The molecule has 0 fully saturated rings. The van der Waals surface area contributed by atoms with Crippen molar-refractivity contribution in [3.63, 3.8) is 0 Å². The number of hydrogen-bond donors (Lipinski definition) is 1. The second-order valence-electron chi connectivity index (χ2n) is 6.26. The molecule has 0 amide bonds. The van der Waals surface area contributed by atoms with Gasteiger partial charge in [0.25, 0.3) is 5.56 Å². The Bertz CT molecular complexity index is 1250. The second-order valence-corrected chi connectivity index (χ2v) is 6.26. The van der Waals surface area contributed by atoms with Crippen molar-refractivity contribution in [2.45, 2.75) is 13.2 Å². The number of aromatic nitrogens is 5. The van der Waals surface area contributed by atoms with Crippen molar-refractivity contribution in [3.8, 4) is 5.75 Å². The van der Waals surface area contributed by atoms with E-state index in [1.807, 2.05) is 30.3 Å². The summed E-state index contributed by atoms with van der Waals surface area (Å²) in [5.74, 6) is 1.19. The van der Waals surface area contributed by atoms with Gasteiger partial charge >= 0.3 is 5.69 Å². The maximum absolute atomic E-state index is 12.6. The fraction of sp³-hybridized carbons (Fsp3) is 0.278. The second kappa shape index (κ2) is 6.44. The first kappa shape index (κ1) is 17.1. The van der Waals surface area contributed by atoms with Gasteiger partial charge in [0, 0.05) is 26.8 Å². The monoisotopic (exact) mass is 369 g/mol. The fourth-order valence-electron chi connectivity index (χ4n) is 3.20. The van der Waals surface area contributed by atoms with Gasteiger partial charge in [0.1, 0.15) is 12.4 Å². The Labute approximate surface area is 153 Å². The van der Waals surface area contributed by atoms with Crippen LogP contribution in [0.25, 0.3) is 16.9 Å². The molecule has 0 saturated carbocycles. The molecule has 1 aromatic carbocycles. The van der Waals surface area contributed by atoms with Crippen LogP contribution in [0.2, 0.25) is 0 Å². The summed E-state index contributed by atoms with van der Waals surface area (Å²) in [6, 6.07) is 9.37. The molecule has 9 heteroatoms. The number of rotatable bonds is 5. The van der Waals surface area contributed by atoms with Crippen LogP contribution in [0.1, 0.15) is 5.69 Å². The molecule has 0 spiro atoms. The van der Waals surface area contributed by atoms with Crippen LogP contribution in [0, 0.1) is 0 Å². The van der Waals surface area contributed by atoms with Crippen molar-refractivity contribution in [1.82, 2.24) is 23.1 Å². The summed E-state index contributed by atoms with van der Waals surface area (Å²) in [6.45, 7) is 0.450. The standard InChI is InChI=1S/C18H19N5O4/c1-20-15-14(16(25)21(2)18(20)26)23-10-12(22(8-9-24)17(23)19-15)11-27-13-6-4-3-5-7-13/h3-7,10,24H,8-9,11H2,1-2H3. The molecule has 0 aliphatic heterocycles. The number of para-hydroxylation sites is 1. The zero-order chi connectivity index (χ0) is 19.1. The first-order valence-electron chi connectivity index (χ1n) is 8.48. The molecule has 0 atom stereocenters. The minimum absolute atomic E-state index is 0.0944. The Kier molecular flexibility index (Phi) is 4.08. The van der Waals surface area contributed by atoms with Crippen LogP contribution in [0.4, 0.5) is 0 Å². The smallest absolute Gasteiger partial charge is 0.332 e. The zero-order valence-electron chi connectivity index (χ0n) is 15.0. The molecule has 0 radical (unpaired) electrons. The molecule has 3 heterocycles. The minimum Gasteiger partial charge on any atom is -0.487 e. The van der Waals surface area contributed by atoms with Gasteiger partial charge in [-0.05, 0) is 12.1 Å². The number of aryl methyl sites for hydroxylation is 1. The Morgan fingerprint density at radius 3 is 2.56 bits per heavy atom. The normalized spacial score (nSPS) is 11.5. The third kappa shape index (κ3) is 2.63. The van der Waals surface area contributed by atoms with Gasteiger partial charge in [-0.1, -0.05) is 18.2 Å². The van der Waals surface area contributed by atoms with E-state index in [1.165, 1.54) is 11.6 Å². The highest BCUT2D eigenvalue weighted by atomic mass is 16.5. The van der Waals surface area contributed by atoms with Gasteiger partial charge in [0.2, 0.25) is 5.78 Å². The average molecular weight is 369 g/mol. The third-order valence-corrected chi connectivity index (χ3v) is 4.59. The predicted molar refractivity (Wildman–Crippen MR) is 99.0 cm³/mol. The van der Waals surface area contributed by atoms with E-state index >= 15 is 0 Å². The molecule has 27 heavy (non-hydrogen) atoms. The Morgan fingerprint density at radius 1 is 1.11 bits per heavy atom. The van der Waals surface area contributed by atoms with E-state index in [1.54, 1.807) is 22.2 Å². The number of nitrogens with zero attached hydrogens (tertiary/aromatic N) is 5. The van der Waals surface area contributed by atoms with Crippen LogP contribution >= 0.6 is 0 Å². The van der Waals surface area contributed by atoms with Gasteiger partial charge < -0.3 is 14.4 Å². The molecule has 140 valence electrons. The third-order valence-electron chi connectivity index (χ3n) is 4.59. The van der Waals surface area contributed by atoms with Crippen molar-refractivity contribution in [1.29, 1.82) is 0 Å². The van der Waals surface area contributed by atoms with Crippen molar-refractivity contribution in [2.75, 3.05) is 6.61 Å². The highest BCUT2D eigenvalue weighted by molar-refractivity contribution is 5.75. The summed E-state index contributed by atoms with van der Waals surface area (Å²) < 4.78 is 11.6. The quantitative estimate of drug-likeness (QED) is 0.544. The maximum atomic E-state index is 12.6. The summed E-state index contributed by atoms with van der Waals surface area (Å²) in [5, 5.41) is 9.46. The average Bonchev–Trinajstić information content (AvgIpc) is 3.21. The van der Waals surface area contributed by atoms with Crippen LogP contribution in [-0.2, 0) is 27.2 Å². The van der Waals surface area contributed by atoms with Crippen LogP contribution in [0.5, 0.6) is 5.75 Å². The van der Waals surface area contributed by atoms with Gasteiger partial charge in [-0.2, -0.15) is 4.98 Å². The predicted octanol–water partition coefficient (Wildman–Crippen LogP) is 0.258. The number of hydrogen-bond acceptors (Lipinski definition) is 5. The van der Waals surface area contributed by atoms with Crippen LogP contribution in [0.15, 0.2) is 46.1 Å². The zero-order valence-corrected chi connectivity index (χ0v) is 15.0. The van der Waals surface area contributed by atoms with Crippen molar-refractivity contribution >= 4 is 16.9 Å². The van der Waals surface area contributed by atoms with Gasteiger partial charge in [-0.15, -0.1) is 0 Å². The SMILES string of the molecule is Cn1c(=O)c2c(nc3n(CCO)c(COc4ccccc4)cn23)n(C)c1=O. The number of benzene rings is 1. The summed E-state index contributed by atoms with van der Waals surface area (Å²) in [7, 11) is 3.01. The van der Waals surface area contributed by atoms with Gasteiger partial charge in [0.15, 0.2) is 11.2 Å². The van der Waals surface area contributed by atoms with Crippen LogP contribution in [-0.4, -0.2) is 34.8 Å². The lowest BCUT2D eigenvalue weighted by Gasteiger charge is -2.09. The lowest BCUT2D eigenvalue weighted by atomic mass is 10.3. The molecule has 1 N–H and O–H groups in total. The summed E-state index contributed by atoms with van der Waals surface area (Å²) in [4.78, 5) is 29.3. The number of imidazole rings is 2. The lowest BCUT2D eigenvalue weighted by molar-refractivity contribution is 0.263.